The molecule has 0 fully saturated rings. The number of hydrogen-bond acceptors (Lipinski definition) is 7. The minimum absolute atomic E-state index is 0.118. The lowest BCUT2D eigenvalue weighted by Crippen LogP contribution is -2.08. The zero-order chi connectivity index (χ0) is 21.1. The average molecular weight is 454 g/mol. The summed E-state index contributed by atoms with van der Waals surface area (Å²) in [5.74, 6) is 0. The smallest absolute Gasteiger partial charge is 0.388 e. The molecule has 1 aromatic carbocycles. The number of nitro benzene ring substituents is 1. The molecule has 0 aliphatic rings. The molecule has 142 valence electrons. The lowest BCUT2D eigenvalue weighted by Gasteiger charge is -2.09. The van der Waals surface area contributed by atoms with Gasteiger partial charge in [-0.25, -0.2) is 9.67 Å². The minimum Gasteiger partial charge on any atom is -0.388 e. The fraction of sp³-hybridized carbons (Fsp3) is 0.0667. The number of benzene rings is 1. The molecule has 0 atom stereocenters. The van der Waals surface area contributed by atoms with Crippen LogP contribution in [0.2, 0.25) is 0 Å². The number of nitrogens with two attached hydrogens (primary N) is 1. The Hall–Kier alpha value is -3.71. The molecule has 28 heavy (non-hydrogen) atoms. The van der Waals surface area contributed by atoms with Crippen molar-refractivity contribution in [3.63, 3.8) is 0 Å². The second-order valence-corrected chi connectivity index (χ2v) is 5.76. The predicted molar refractivity (Wildman–Crippen MR) is 93.0 cm³/mol. The summed E-state index contributed by atoms with van der Waals surface area (Å²) in [5, 5.41) is 32.7. The molecule has 0 saturated heterocycles. The van der Waals surface area contributed by atoms with Gasteiger partial charge in [0.25, 0.3) is 5.69 Å². The van der Waals surface area contributed by atoms with Crippen LogP contribution in [-0.4, -0.2) is 20.9 Å². The maximum Gasteiger partial charge on any atom is 0.416 e. The van der Waals surface area contributed by atoms with Crippen LogP contribution in [0.5, 0.6) is 0 Å². The van der Waals surface area contributed by atoms with Gasteiger partial charge in [0.2, 0.25) is 0 Å². The fourth-order valence-corrected chi connectivity index (χ4v) is 2.46. The molecule has 0 spiro atoms. The van der Waals surface area contributed by atoms with Crippen LogP contribution >= 0.6 is 15.9 Å². The van der Waals surface area contributed by atoms with Crippen LogP contribution < -0.4 is 5.73 Å². The Balaban J connectivity index is 2.54. The molecule has 0 unspecified atom stereocenters. The summed E-state index contributed by atoms with van der Waals surface area (Å²) in [6.45, 7) is 0. The van der Waals surface area contributed by atoms with Gasteiger partial charge in [-0.05, 0) is 28.1 Å². The summed E-state index contributed by atoms with van der Waals surface area (Å²) >= 11 is 3.12. The van der Waals surface area contributed by atoms with Gasteiger partial charge in [0.1, 0.15) is 28.1 Å². The van der Waals surface area contributed by atoms with E-state index in [1.165, 1.54) is 6.20 Å². The van der Waals surface area contributed by atoms with E-state index in [4.69, 9.17) is 16.3 Å². The number of halogens is 4. The van der Waals surface area contributed by atoms with Crippen LogP contribution in [0, 0.1) is 32.8 Å². The monoisotopic (exact) mass is 453 g/mol. The Morgan fingerprint density at radius 1 is 1.39 bits per heavy atom. The number of nitro groups is 1. The predicted octanol–water partition coefficient (Wildman–Crippen LogP) is 3.20. The molecule has 0 bridgehead atoms. The van der Waals surface area contributed by atoms with Crippen molar-refractivity contribution in [2.75, 3.05) is 0 Å². The molecule has 0 aliphatic carbocycles. The van der Waals surface area contributed by atoms with Crippen molar-refractivity contribution in [1.82, 2.24) is 9.78 Å². The first-order valence-corrected chi connectivity index (χ1v) is 7.83. The molecule has 13 heteroatoms. The van der Waals surface area contributed by atoms with Gasteiger partial charge < -0.3 is 5.73 Å². The Morgan fingerprint density at radius 3 is 2.61 bits per heavy atom. The van der Waals surface area contributed by atoms with Crippen molar-refractivity contribution in [1.29, 1.82) is 10.5 Å². The van der Waals surface area contributed by atoms with E-state index in [-0.39, 0.29) is 21.6 Å². The van der Waals surface area contributed by atoms with Gasteiger partial charge in [0.15, 0.2) is 5.70 Å². The van der Waals surface area contributed by atoms with E-state index in [9.17, 15) is 23.3 Å². The Bertz CT molecular complexity index is 1090. The van der Waals surface area contributed by atoms with Gasteiger partial charge in [0.05, 0.1) is 16.7 Å². The fourth-order valence-electron chi connectivity index (χ4n) is 1.97. The summed E-state index contributed by atoms with van der Waals surface area (Å²) in [6, 6.07) is 5.18. The highest BCUT2D eigenvalue weighted by atomic mass is 79.9. The maximum absolute atomic E-state index is 12.8. The molecule has 0 radical (unpaired) electrons. The van der Waals surface area contributed by atoms with E-state index in [0.29, 0.717) is 12.1 Å². The first-order chi connectivity index (χ1) is 13.1. The molecule has 0 amide bonds. The number of aromatic nitrogens is 2. The van der Waals surface area contributed by atoms with E-state index >= 15 is 0 Å². The van der Waals surface area contributed by atoms with Gasteiger partial charge in [-0.2, -0.15) is 28.8 Å². The lowest BCUT2D eigenvalue weighted by atomic mass is 10.1. The van der Waals surface area contributed by atoms with Crippen LogP contribution in [0.1, 0.15) is 11.1 Å². The van der Waals surface area contributed by atoms with Crippen molar-refractivity contribution in [2.24, 2.45) is 10.7 Å². The largest absolute Gasteiger partial charge is 0.416 e. The van der Waals surface area contributed by atoms with Gasteiger partial charge in [-0.3, -0.25) is 10.1 Å². The van der Waals surface area contributed by atoms with Gasteiger partial charge in [-0.15, -0.1) is 0 Å². The number of aliphatic imine (C=N–C) groups is 1. The molecule has 2 aromatic rings. The van der Waals surface area contributed by atoms with Gasteiger partial charge >= 0.3 is 6.18 Å². The zero-order valence-electron chi connectivity index (χ0n) is 13.5. The highest BCUT2D eigenvalue weighted by Crippen LogP contribution is 2.35. The molecule has 9 nitrogen and oxygen atoms in total. The Morgan fingerprint density at radius 2 is 2.07 bits per heavy atom. The number of allylic oxidation sites excluding steroid dienone is 2. The number of alkyl halides is 3. The van der Waals surface area contributed by atoms with Crippen molar-refractivity contribution in [3.8, 4) is 17.8 Å². The molecule has 2 N–H and O–H groups in total. The number of nitrogens with zero attached hydrogens (tertiary/aromatic N) is 6. The van der Waals surface area contributed by atoms with Crippen molar-refractivity contribution in [2.45, 2.75) is 6.18 Å². The summed E-state index contributed by atoms with van der Waals surface area (Å²) in [5.41, 5.74) is 2.55. The van der Waals surface area contributed by atoms with Crippen molar-refractivity contribution >= 4 is 27.8 Å². The third-order valence-corrected chi connectivity index (χ3v) is 4.07. The molecule has 2 rings (SSSR count). The molecule has 0 saturated carbocycles. The molecular weight excluding hydrogens is 447 g/mol. The summed E-state index contributed by atoms with van der Waals surface area (Å²) in [6.07, 6.45) is -2.43. The quantitative estimate of drug-likeness (QED) is 0.325. The van der Waals surface area contributed by atoms with Crippen molar-refractivity contribution < 1.29 is 18.1 Å². The van der Waals surface area contributed by atoms with E-state index in [0.717, 1.165) is 17.0 Å². The first-order valence-electron chi connectivity index (χ1n) is 7.03. The summed E-state index contributed by atoms with van der Waals surface area (Å²) in [4.78, 5) is 14.0. The molecular formula is C15H7BrF3N7O2. The Kier molecular flexibility index (Phi) is 5.81. The highest BCUT2D eigenvalue weighted by molar-refractivity contribution is 9.10. The van der Waals surface area contributed by atoms with Crippen LogP contribution in [0.15, 0.2) is 45.4 Å². The standard InChI is InChI=1S/C15H7BrF3N7O2/c16-14-8(6-23-11(5-21)10(22)4-20)7-24-25(14)12-2-1-9(15(17,18)19)3-13(12)26(27)28/h1-3,6-7H,22H2/b11-10-,23-6+. The number of hydrogen-bond donors (Lipinski definition) is 1. The van der Waals surface area contributed by atoms with Gasteiger partial charge in [0, 0.05) is 17.8 Å². The topological polar surface area (TPSA) is 147 Å². The van der Waals surface area contributed by atoms with E-state index in [1.54, 1.807) is 12.1 Å². The molecule has 1 heterocycles. The highest BCUT2D eigenvalue weighted by Gasteiger charge is 2.33. The summed E-state index contributed by atoms with van der Waals surface area (Å²) in [7, 11) is 0. The van der Waals surface area contributed by atoms with Crippen LogP contribution in [0.4, 0.5) is 18.9 Å². The van der Waals surface area contributed by atoms with E-state index < -0.39 is 28.0 Å². The van der Waals surface area contributed by atoms with Crippen LogP contribution in [-0.2, 0) is 6.18 Å². The lowest BCUT2D eigenvalue weighted by molar-refractivity contribution is -0.384. The SMILES string of the molecule is N#C/C(N)=C(C#N)/N=C/c1cnn(-c2ccc(C(F)(F)F)cc2[N+](=O)[O-])c1Br. The van der Waals surface area contributed by atoms with Crippen molar-refractivity contribution in [3.05, 3.63) is 61.6 Å². The molecule has 0 aliphatic heterocycles. The zero-order valence-corrected chi connectivity index (χ0v) is 15.1. The minimum atomic E-state index is -4.75. The normalized spacial score (nSPS) is 12.4. The average Bonchev–Trinajstić information content (AvgIpc) is 3.01. The van der Waals surface area contributed by atoms with Crippen LogP contribution in [0.3, 0.4) is 0 Å². The van der Waals surface area contributed by atoms with Crippen LogP contribution in [0.25, 0.3) is 5.69 Å². The third-order valence-electron chi connectivity index (χ3n) is 3.28. The third kappa shape index (κ3) is 4.16. The number of rotatable bonds is 4. The Labute approximate surface area is 163 Å². The van der Waals surface area contributed by atoms with E-state index in [2.05, 4.69) is 26.0 Å². The van der Waals surface area contributed by atoms with Gasteiger partial charge in [-0.1, -0.05) is 0 Å². The van der Waals surface area contributed by atoms with E-state index in [1.807, 2.05) is 0 Å². The number of nitriles is 2. The summed E-state index contributed by atoms with van der Waals surface area (Å²) < 4.78 is 39.6. The molecule has 1 aromatic heterocycles. The first kappa shape index (κ1) is 20.6. The second-order valence-electron chi connectivity index (χ2n) is 5.00. The maximum atomic E-state index is 12.8. The second kappa shape index (κ2) is 7.89.